The van der Waals surface area contributed by atoms with Gasteiger partial charge >= 0.3 is 0 Å². The van der Waals surface area contributed by atoms with E-state index in [9.17, 15) is 0 Å². The Labute approximate surface area is 92.5 Å². The number of para-hydroxylation sites is 1. The first-order chi connectivity index (χ1) is 7.77. The van der Waals surface area contributed by atoms with Crippen LogP contribution in [-0.2, 0) is 0 Å². The summed E-state index contributed by atoms with van der Waals surface area (Å²) in [7, 11) is 0. The average molecular weight is 217 g/mol. The zero-order valence-corrected chi connectivity index (χ0v) is 8.41. The molecule has 16 heavy (non-hydrogen) atoms. The van der Waals surface area contributed by atoms with Gasteiger partial charge in [-0.3, -0.25) is 15.4 Å². The molecule has 5 heteroatoms. The molecular formula is C11H11N3O2. The Bertz CT molecular complexity index is 460. The van der Waals surface area contributed by atoms with Gasteiger partial charge in [0, 0.05) is 11.9 Å². The van der Waals surface area contributed by atoms with E-state index in [1.54, 1.807) is 12.3 Å². The van der Waals surface area contributed by atoms with Crippen LogP contribution in [0.3, 0.4) is 0 Å². The minimum Gasteiger partial charge on any atom is -0.354 e. The van der Waals surface area contributed by atoms with Crippen molar-refractivity contribution in [2.75, 3.05) is 10.5 Å². The molecule has 1 aromatic heterocycles. The number of nitrogens with zero attached hydrogens (tertiary/aromatic N) is 2. The predicted octanol–water partition coefficient (Wildman–Crippen LogP) is 2.41. The molecule has 0 saturated carbocycles. The third kappa shape index (κ3) is 2.28. The highest BCUT2D eigenvalue weighted by Crippen LogP contribution is 2.25. The molecule has 0 atom stereocenters. The Kier molecular flexibility index (Phi) is 3.00. The van der Waals surface area contributed by atoms with Gasteiger partial charge in [-0.25, -0.2) is 0 Å². The SMILES string of the molecule is ON(O)c1cnccc1Nc1ccccc1. The Morgan fingerprint density at radius 2 is 1.81 bits per heavy atom. The summed E-state index contributed by atoms with van der Waals surface area (Å²) in [6, 6.07) is 11.1. The van der Waals surface area contributed by atoms with Crippen molar-refractivity contribution in [3.05, 3.63) is 48.8 Å². The predicted molar refractivity (Wildman–Crippen MR) is 60.0 cm³/mol. The molecule has 5 nitrogen and oxygen atoms in total. The highest BCUT2D eigenvalue weighted by atomic mass is 16.8. The van der Waals surface area contributed by atoms with Crippen molar-refractivity contribution in [3.8, 4) is 0 Å². The first-order valence-corrected chi connectivity index (χ1v) is 4.71. The molecule has 0 aliphatic heterocycles. The van der Waals surface area contributed by atoms with E-state index in [4.69, 9.17) is 10.4 Å². The van der Waals surface area contributed by atoms with Gasteiger partial charge in [-0.1, -0.05) is 18.2 Å². The van der Waals surface area contributed by atoms with Crippen molar-refractivity contribution >= 4 is 17.1 Å². The lowest BCUT2D eigenvalue weighted by Crippen LogP contribution is -2.13. The van der Waals surface area contributed by atoms with E-state index >= 15 is 0 Å². The molecular weight excluding hydrogens is 206 g/mol. The van der Waals surface area contributed by atoms with Crippen LogP contribution in [0.1, 0.15) is 0 Å². The number of anilines is 3. The maximum absolute atomic E-state index is 8.99. The van der Waals surface area contributed by atoms with E-state index in [2.05, 4.69) is 10.3 Å². The highest BCUT2D eigenvalue weighted by Gasteiger charge is 2.06. The lowest BCUT2D eigenvalue weighted by Gasteiger charge is -2.14. The van der Waals surface area contributed by atoms with E-state index < -0.39 is 0 Å². The zero-order chi connectivity index (χ0) is 11.4. The summed E-state index contributed by atoms with van der Waals surface area (Å²) in [6.07, 6.45) is 2.92. The number of benzene rings is 1. The summed E-state index contributed by atoms with van der Waals surface area (Å²) in [6.45, 7) is 0. The quantitative estimate of drug-likeness (QED) is 0.689. The van der Waals surface area contributed by atoms with Crippen molar-refractivity contribution in [1.29, 1.82) is 0 Å². The second-order valence-electron chi connectivity index (χ2n) is 3.17. The van der Waals surface area contributed by atoms with Gasteiger partial charge in [0.05, 0.1) is 11.9 Å². The van der Waals surface area contributed by atoms with Gasteiger partial charge in [-0.05, 0) is 18.2 Å². The van der Waals surface area contributed by atoms with Crippen LogP contribution in [-0.4, -0.2) is 15.4 Å². The van der Waals surface area contributed by atoms with Gasteiger partial charge < -0.3 is 5.32 Å². The van der Waals surface area contributed by atoms with E-state index in [0.717, 1.165) is 5.69 Å². The minimum absolute atomic E-state index is 0.0400. The largest absolute Gasteiger partial charge is 0.354 e. The van der Waals surface area contributed by atoms with Crippen LogP contribution >= 0.6 is 0 Å². The molecule has 0 fully saturated rings. The fraction of sp³-hybridized carbons (Fsp3) is 0. The van der Waals surface area contributed by atoms with Crippen LogP contribution in [0.2, 0.25) is 0 Å². The molecule has 0 aliphatic carbocycles. The number of rotatable bonds is 3. The average Bonchev–Trinajstić information content (AvgIpc) is 2.31. The van der Waals surface area contributed by atoms with Crippen LogP contribution in [0, 0.1) is 0 Å². The topological polar surface area (TPSA) is 68.6 Å². The smallest absolute Gasteiger partial charge is 0.136 e. The lowest BCUT2D eigenvalue weighted by molar-refractivity contribution is 0.0294. The molecule has 0 saturated heterocycles. The number of nitrogens with one attached hydrogen (secondary N) is 1. The molecule has 82 valence electrons. The fourth-order valence-electron chi connectivity index (χ4n) is 1.33. The van der Waals surface area contributed by atoms with Crippen molar-refractivity contribution < 1.29 is 10.4 Å². The second-order valence-corrected chi connectivity index (χ2v) is 3.17. The van der Waals surface area contributed by atoms with Gasteiger partial charge in [0.15, 0.2) is 0 Å². The van der Waals surface area contributed by atoms with Crippen LogP contribution < -0.4 is 10.5 Å². The standard InChI is InChI=1S/C11H11N3O2/c15-14(16)11-8-12-7-6-10(11)13-9-4-2-1-3-5-9/h1-8,15-16H,(H,12,13). The van der Waals surface area contributed by atoms with Gasteiger partial charge in [0.2, 0.25) is 0 Å². The van der Waals surface area contributed by atoms with E-state index in [-0.39, 0.29) is 10.9 Å². The first kappa shape index (κ1) is 10.4. The third-order valence-electron chi connectivity index (χ3n) is 2.07. The second kappa shape index (κ2) is 4.61. The number of hydrogen-bond donors (Lipinski definition) is 3. The fourth-order valence-corrected chi connectivity index (χ4v) is 1.33. The van der Waals surface area contributed by atoms with Gasteiger partial charge in [-0.2, -0.15) is 0 Å². The molecule has 0 unspecified atom stereocenters. The molecule has 1 heterocycles. The van der Waals surface area contributed by atoms with Crippen molar-refractivity contribution in [3.63, 3.8) is 0 Å². The first-order valence-electron chi connectivity index (χ1n) is 4.71. The Morgan fingerprint density at radius 3 is 2.50 bits per heavy atom. The molecule has 0 spiro atoms. The summed E-state index contributed by atoms with van der Waals surface area (Å²) >= 11 is 0. The number of pyridine rings is 1. The van der Waals surface area contributed by atoms with Crippen LogP contribution in [0.15, 0.2) is 48.8 Å². The van der Waals surface area contributed by atoms with E-state index in [1.165, 1.54) is 6.20 Å². The molecule has 0 radical (unpaired) electrons. The summed E-state index contributed by atoms with van der Waals surface area (Å²) in [5.41, 5.74) is 1.61. The Hall–Kier alpha value is -2.11. The summed E-state index contributed by atoms with van der Waals surface area (Å²) in [4.78, 5) is 3.81. The van der Waals surface area contributed by atoms with Gasteiger partial charge in [0.1, 0.15) is 5.69 Å². The van der Waals surface area contributed by atoms with Crippen LogP contribution in [0.25, 0.3) is 0 Å². The maximum atomic E-state index is 8.99. The third-order valence-corrected chi connectivity index (χ3v) is 2.07. The summed E-state index contributed by atoms with van der Waals surface area (Å²) < 4.78 is 0. The van der Waals surface area contributed by atoms with Gasteiger partial charge in [-0.15, -0.1) is 5.23 Å². The molecule has 0 amide bonds. The van der Waals surface area contributed by atoms with Gasteiger partial charge in [0.25, 0.3) is 0 Å². The highest BCUT2D eigenvalue weighted by molar-refractivity contribution is 5.72. The Balaban J connectivity index is 2.28. The molecule has 2 rings (SSSR count). The minimum atomic E-state index is 0.0400. The maximum Gasteiger partial charge on any atom is 0.136 e. The van der Waals surface area contributed by atoms with Crippen molar-refractivity contribution in [2.24, 2.45) is 0 Å². The molecule has 0 aliphatic rings. The van der Waals surface area contributed by atoms with E-state index in [1.807, 2.05) is 30.3 Å². The van der Waals surface area contributed by atoms with Crippen LogP contribution in [0.5, 0.6) is 0 Å². The lowest BCUT2D eigenvalue weighted by atomic mass is 10.3. The molecule has 1 aromatic carbocycles. The summed E-state index contributed by atoms with van der Waals surface area (Å²) in [5, 5.41) is 21.1. The van der Waals surface area contributed by atoms with Crippen molar-refractivity contribution in [1.82, 2.24) is 4.98 Å². The molecule has 3 N–H and O–H groups in total. The zero-order valence-electron chi connectivity index (χ0n) is 8.41. The van der Waals surface area contributed by atoms with Crippen molar-refractivity contribution in [2.45, 2.75) is 0 Å². The number of aromatic nitrogens is 1. The molecule has 2 aromatic rings. The summed E-state index contributed by atoms with van der Waals surface area (Å²) in [5.74, 6) is 0. The van der Waals surface area contributed by atoms with Crippen LogP contribution in [0.4, 0.5) is 17.1 Å². The Morgan fingerprint density at radius 1 is 1.06 bits per heavy atom. The number of hydrogen-bond acceptors (Lipinski definition) is 5. The normalized spacial score (nSPS) is 9.88. The molecule has 0 bridgehead atoms. The monoisotopic (exact) mass is 217 g/mol. The van der Waals surface area contributed by atoms with E-state index in [0.29, 0.717) is 5.69 Å².